The summed E-state index contributed by atoms with van der Waals surface area (Å²) < 4.78 is 10.8. The molecular formula is C12H13N5O2S2. The van der Waals surface area contributed by atoms with Crippen molar-refractivity contribution in [3.63, 3.8) is 0 Å². The topological polar surface area (TPSA) is 90.7 Å². The van der Waals surface area contributed by atoms with Gasteiger partial charge in [0.2, 0.25) is 5.89 Å². The molecule has 3 aromatic heterocycles. The molecule has 3 aromatic rings. The average molecular weight is 323 g/mol. The summed E-state index contributed by atoms with van der Waals surface area (Å²) in [6.45, 7) is 7.61. The van der Waals surface area contributed by atoms with Gasteiger partial charge in [0.05, 0.1) is 16.0 Å². The largest absolute Gasteiger partial charge is 0.410 e. The first-order valence-electron chi connectivity index (χ1n) is 6.27. The lowest BCUT2D eigenvalue weighted by Gasteiger charge is -2.00. The number of thiazole rings is 1. The van der Waals surface area contributed by atoms with Crippen molar-refractivity contribution < 1.29 is 8.94 Å². The molecule has 0 spiro atoms. The van der Waals surface area contributed by atoms with Gasteiger partial charge < -0.3 is 8.94 Å². The van der Waals surface area contributed by atoms with Crippen LogP contribution in [-0.4, -0.2) is 25.3 Å². The Balaban J connectivity index is 1.77. The minimum atomic E-state index is -0.0520. The van der Waals surface area contributed by atoms with Crippen LogP contribution in [0.4, 0.5) is 0 Å². The van der Waals surface area contributed by atoms with Crippen LogP contribution >= 0.6 is 23.1 Å². The van der Waals surface area contributed by atoms with Crippen LogP contribution in [-0.2, 0) is 0 Å². The molecule has 7 nitrogen and oxygen atoms in total. The first-order valence-corrected chi connectivity index (χ1v) is 7.97. The summed E-state index contributed by atoms with van der Waals surface area (Å²) in [5, 5.41) is 13.3. The normalized spacial score (nSPS) is 12.8. The van der Waals surface area contributed by atoms with E-state index in [2.05, 4.69) is 25.3 Å². The van der Waals surface area contributed by atoms with Gasteiger partial charge in [-0.15, -0.1) is 21.5 Å². The fraction of sp³-hybridized carbons (Fsp3) is 0.417. The molecule has 0 bridgehead atoms. The predicted octanol–water partition coefficient (Wildman–Crippen LogP) is 3.35. The maximum Gasteiger partial charge on any atom is 0.277 e. The number of thioether (sulfide) groups is 1. The van der Waals surface area contributed by atoms with E-state index in [4.69, 9.17) is 8.94 Å². The Morgan fingerprint density at radius 1 is 1.14 bits per heavy atom. The lowest BCUT2D eigenvalue weighted by atomic mass is 10.4. The van der Waals surface area contributed by atoms with Gasteiger partial charge in [-0.3, -0.25) is 0 Å². The minimum Gasteiger partial charge on any atom is -0.410 e. The molecule has 21 heavy (non-hydrogen) atoms. The molecule has 0 aliphatic rings. The van der Waals surface area contributed by atoms with Crippen molar-refractivity contribution in [2.45, 2.75) is 38.2 Å². The fourth-order valence-corrected chi connectivity index (χ4v) is 3.31. The molecule has 3 rings (SSSR count). The van der Waals surface area contributed by atoms with Gasteiger partial charge in [0.15, 0.2) is 5.82 Å². The van der Waals surface area contributed by atoms with E-state index in [-0.39, 0.29) is 5.25 Å². The molecule has 9 heteroatoms. The SMILES string of the molecule is Cc1noc(C(C)Sc2nnc(-c3sc(C)nc3C)o2)n1. The van der Waals surface area contributed by atoms with Gasteiger partial charge in [0.25, 0.3) is 11.1 Å². The van der Waals surface area contributed by atoms with Crippen molar-refractivity contribution in [3.8, 4) is 10.8 Å². The van der Waals surface area contributed by atoms with Crippen LogP contribution in [0.25, 0.3) is 10.8 Å². The van der Waals surface area contributed by atoms with E-state index in [1.54, 1.807) is 18.3 Å². The Morgan fingerprint density at radius 2 is 1.95 bits per heavy atom. The Bertz CT molecular complexity index is 763. The van der Waals surface area contributed by atoms with Crippen LogP contribution in [0.3, 0.4) is 0 Å². The summed E-state index contributed by atoms with van der Waals surface area (Å²) in [5.41, 5.74) is 0.901. The van der Waals surface area contributed by atoms with Crippen molar-refractivity contribution in [1.82, 2.24) is 25.3 Å². The van der Waals surface area contributed by atoms with E-state index in [1.807, 2.05) is 20.8 Å². The molecule has 0 N–H and O–H groups in total. The van der Waals surface area contributed by atoms with Crippen molar-refractivity contribution in [3.05, 3.63) is 22.4 Å². The Morgan fingerprint density at radius 3 is 2.57 bits per heavy atom. The van der Waals surface area contributed by atoms with Crippen molar-refractivity contribution in [1.29, 1.82) is 0 Å². The standard InChI is InChI=1S/C12H13N5O2S2/c1-5-9(21-8(4)13-5)11-15-16-12(18-11)20-6(2)10-14-7(3)17-19-10/h6H,1-4H3. The average Bonchev–Trinajstić information content (AvgIpc) is 3.10. The van der Waals surface area contributed by atoms with E-state index < -0.39 is 0 Å². The van der Waals surface area contributed by atoms with Gasteiger partial charge in [-0.25, -0.2) is 4.98 Å². The Labute approximate surface area is 129 Å². The third-order valence-corrected chi connectivity index (χ3v) is 4.66. The molecule has 110 valence electrons. The van der Waals surface area contributed by atoms with Gasteiger partial charge in [-0.2, -0.15) is 4.98 Å². The molecule has 0 amide bonds. The number of hydrogen-bond donors (Lipinski definition) is 0. The summed E-state index contributed by atoms with van der Waals surface area (Å²) in [6.07, 6.45) is 0. The van der Waals surface area contributed by atoms with Gasteiger partial charge in [0, 0.05) is 0 Å². The van der Waals surface area contributed by atoms with Crippen molar-refractivity contribution in [2.75, 3.05) is 0 Å². The molecule has 0 saturated heterocycles. The third-order valence-electron chi connectivity index (χ3n) is 2.67. The molecule has 0 aromatic carbocycles. The van der Waals surface area contributed by atoms with Crippen LogP contribution in [0, 0.1) is 20.8 Å². The maximum atomic E-state index is 5.68. The molecule has 0 aliphatic carbocycles. The Kier molecular flexibility index (Phi) is 3.77. The molecular weight excluding hydrogens is 310 g/mol. The highest BCUT2D eigenvalue weighted by molar-refractivity contribution is 7.99. The third kappa shape index (κ3) is 2.98. The monoisotopic (exact) mass is 323 g/mol. The zero-order chi connectivity index (χ0) is 15.0. The molecule has 0 saturated carbocycles. The summed E-state index contributed by atoms with van der Waals surface area (Å²) in [4.78, 5) is 9.46. The quantitative estimate of drug-likeness (QED) is 0.675. The van der Waals surface area contributed by atoms with Crippen LogP contribution in [0.2, 0.25) is 0 Å². The molecule has 1 atom stereocenters. The van der Waals surface area contributed by atoms with Gasteiger partial charge in [0.1, 0.15) is 4.88 Å². The predicted molar refractivity (Wildman–Crippen MR) is 78.2 cm³/mol. The van der Waals surface area contributed by atoms with Crippen molar-refractivity contribution in [2.24, 2.45) is 0 Å². The number of hydrogen-bond acceptors (Lipinski definition) is 9. The van der Waals surface area contributed by atoms with Crippen LogP contribution in [0.5, 0.6) is 0 Å². The van der Waals surface area contributed by atoms with E-state index in [0.717, 1.165) is 15.6 Å². The Hall–Kier alpha value is -1.74. The first-order chi connectivity index (χ1) is 10.0. The summed E-state index contributed by atoms with van der Waals surface area (Å²) in [6, 6.07) is 0. The first kappa shape index (κ1) is 14.2. The summed E-state index contributed by atoms with van der Waals surface area (Å²) in [7, 11) is 0. The zero-order valence-electron chi connectivity index (χ0n) is 11.9. The van der Waals surface area contributed by atoms with Crippen LogP contribution in [0.15, 0.2) is 14.2 Å². The maximum absolute atomic E-state index is 5.68. The fourth-order valence-electron chi connectivity index (χ4n) is 1.76. The highest BCUT2D eigenvalue weighted by Crippen LogP contribution is 2.36. The lowest BCUT2D eigenvalue weighted by molar-refractivity contribution is 0.375. The van der Waals surface area contributed by atoms with Gasteiger partial charge >= 0.3 is 0 Å². The number of nitrogens with zero attached hydrogens (tertiary/aromatic N) is 5. The van der Waals surface area contributed by atoms with E-state index >= 15 is 0 Å². The van der Waals surface area contributed by atoms with Crippen LogP contribution < -0.4 is 0 Å². The van der Waals surface area contributed by atoms with E-state index in [0.29, 0.717) is 22.8 Å². The van der Waals surface area contributed by atoms with Crippen LogP contribution in [0.1, 0.15) is 34.6 Å². The second-order valence-electron chi connectivity index (χ2n) is 4.46. The highest BCUT2D eigenvalue weighted by atomic mass is 32.2. The zero-order valence-corrected chi connectivity index (χ0v) is 13.6. The number of rotatable bonds is 4. The second kappa shape index (κ2) is 5.57. The molecule has 3 heterocycles. The molecule has 0 aliphatic heterocycles. The van der Waals surface area contributed by atoms with E-state index in [9.17, 15) is 0 Å². The van der Waals surface area contributed by atoms with E-state index in [1.165, 1.54) is 11.8 Å². The number of aryl methyl sites for hydroxylation is 3. The molecule has 1 unspecified atom stereocenters. The summed E-state index contributed by atoms with van der Waals surface area (Å²) in [5.74, 6) is 1.65. The minimum absolute atomic E-state index is 0.0520. The molecule has 0 radical (unpaired) electrons. The lowest BCUT2D eigenvalue weighted by Crippen LogP contribution is -1.88. The smallest absolute Gasteiger partial charge is 0.277 e. The van der Waals surface area contributed by atoms with Gasteiger partial charge in [-0.05, 0) is 27.7 Å². The summed E-state index contributed by atoms with van der Waals surface area (Å²) >= 11 is 2.93. The van der Waals surface area contributed by atoms with Gasteiger partial charge in [-0.1, -0.05) is 16.9 Å². The highest BCUT2D eigenvalue weighted by Gasteiger charge is 2.20. The number of aromatic nitrogens is 5. The molecule has 0 fully saturated rings. The van der Waals surface area contributed by atoms with Crippen molar-refractivity contribution >= 4 is 23.1 Å². The second-order valence-corrected chi connectivity index (χ2v) is 6.96.